The van der Waals surface area contributed by atoms with Crippen LogP contribution < -0.4 is 16.3 Å². The van der Waals surface area contributed by atoms with Crippen molar-refractivity contribution in [2.24, 2.45) is 0 Å². The molecule has 1 fully saturated rings. The first-order chi connectivity index (χ1) is 16.2. The van der Waals surface area contributed by atoms with E-state index in [2.05, 4.69) is 12.2 Å². The highest BCUT2D eigenvalue weighted by Gasteiger charge is 2.60. The van der Waals surface area contributed by atoms with Crippen LogP contribution in [0, 0.1) is 0 Å². The fraction of sp³-hybridized carbons (Fsp3) is 0.625. The molecule has 0 aromatic carbocycles. The van der Waals surface area contributed by atoms with Crippen molar-refractivity contribution in [1.29, 1.82) is 0 Å². The van der Waals surface area contributed by atoms with E-state index in [0.717, 1.165) is 16.8 Å². The summed E-state index contributed by atoms with van der Waals surface area (Å²) in [4.78, 5) is 58.0. The SMILES string of the molecule is CCC1(COP(=O)(O)NC(CC(=O)O)C(=O)O)OC(n2ccc(=O)[nH]c2=O)C(OC)C1O[P+](=O)S. The van der Waals surface area contributed by atoms with Crippen molar-refractivity contribution in [1.82, 2.24) is 14.6 Å². The van der Waals surface area contributed by atoms with Gasteiger partial charge in [0, 0.05) is 19.4 Å². The van der Waals surface area contributed by atoms with Crippen LogP contribution in [0.5, 0.6) is 0 Å². The van der Waals surface area contributed by atoms with Crippen LogP contribution in [0.2, 0.25) is 0 Å². The molecule has 35 heavy (non-hydrogen) atoms. The summed E-state index contributed by atoms with van der Waals surface area (Å²) < 4.78 is 47.1. The largest absolute Gasteiger partial charge is 0.582 e. The Morgan fingerprint density at radius 3 is 2.57 bits per heavy atom. The van der Waals surface area contributed by atoms with Gasteiger partial charge in [-0.25, -0.2) is 14.4 Å². The second kappa shape index (κ2) is 11.9. The standard InChI is InChI=1S/C16H23N3O13P2S/c1-3-16(7-30-34(27,28)18-8(14(23)24)6-10(21)22)12(32-33(26)35)11(29-2)13(31-16)19-5-4-9(20)17-15(19)25/h4-5,8,11-13H,3,6-7H2,1-2H3,(H5-,17,18,20,21,22,23,24,25,26,27,28,35)/p+1. The Balaban J connectivity index is 2.39. The van der Waals surface area contributed by atoms with Crippen LogP contribution in [0.25, 0.3) is 0 Å². The van der Waals surface area contributed by atoms with Gasteiger partial charge in [0.05, 0.1) is 13.0 Å². The van der Waals surface area contributed by atoms with Crippen molar-refractivity contribution in [3.63, 3.8) is 0 Å². The first-order valence-electron chi connectivity index (χ1n) is 9.80. The van der Waals surface area contributed by atoms with Crippen molar-refractivity contribution in [3.05, 3.63) is 33.1 Å². The maximum Gasteiger partial charge on any atom is 0.582 e. The van der Waals surface area contributed by atoms with E-state index in [1.54, 1.807) is 12.0 Å². The predicted molar refractivity (Wildman–Crippen MR) is 119 cm³/mol. The second-order valence-electron chi connectivity index (χ2n) is 7.32. The highest BCUT2D eigenvalue weighted by Crippen LogP contribution is 2.49. The van der Waals surface area contributed by atoms with Gasteiger partial charge in [-0.2, -0.15) is 0 Å². The number of carbonyl (C=O) groups is 2. The number of carboxylic acids is 2. The van der Waals surface area contributed by atoms with Gasteiger partial charge in [-0.3, -0.25) is 28.5 Å². The van der Waals surface area contributed by atoms with Crippen molar-refractivity contribution in [2.45, 2.75) is 49.8 Å². The van der Waals surface area contributed by atoms with E-state index >= 15 is 0 Å². The van der Waals surface area contributed by atoms with E-state index in [9.17, 15) is 33.2 Å². The van der Waals surface area contributed by atoms with Gasteiger partial charge in [0.1, 0.15) is 30.0 Å². The van der Waals surface area contributed by atoms with Crippen LogP contribution in [0.3, 0.4) is 0 Å². The molecular weight excluding hydrogens is 536 g/mol. The van der Waals surface area contributed by atoms with E-state index in [-0.39, 0.29) is 6.42 Å². The number of H-pyrrole nitrogens is 1. The molecule has 16 nitrogen and oxygen atoms in total. The summed E-state index contributed by atoms with van der Waals surface area (Å²) in [6.07, 6.45) is -3.67. The molecule has 1 aromatic heterocycles. The highest BCUT2D eigenvalue weighted by molar-refractivity contribution is 8.39. The number of methoxy groups -OCH3 is 1. The van der Waals surface area contributed by atoms with Crippen LogP contribution in [-0.4, -0.2) is 74.2 Å². The average Bonchev–Trinajstić information content (AvgIpc) is 3.04. The summed E-state index contributed by atoms with van der Waals surface area (Å²) in [7, 11) is -6.30. The smallest absolute Gasteiger partial charge is 0.481 e. The van der Waals surface area contributed by atoms with Crippen LogP contribution in [-0.2, 0) is 37.2 Å². The zero-order valence-corrected chi connectivity index (χ0v) is 21.0. The molecule has 2 heterocycles. The minimum Gasteiger partial charge on any atom is -0.481 e. The summed E-state index contributed by atoms with van der Waals surface area (Å²) in [6, 6.07) is -0.918. The fourth-order valence-electron chi connectivity index (χ4n) is 3.46. The molecule has 2 rings (SSSR count). The number of carboxylic acid groups (broad SMARTS) is 2. The third-order valence-corrected chi connectivity index (χ3v) is 6.94. The fourth-order valence-corrected chi connectivity index (χ4v) is 5.33. The molecule has 196 valence electrons. The summed E-state index contributed by atoms with van der Waals surface area (Å²) >= 11 is 3.73. The maximum atomic E-state index is 12.5. The van der Waals surface area contributed by atoms with Gasteiger partial charge in [0.2, 0.25) is 0 Å². The number of hydrogen-bond acceptors (Lipinski definition) is 10. The Morgan fingerprint density at radius 1 is 1.43 bits per heavy atom. The third-order valence-electron chi connectivity index (χ3n) is 5.13. The van der Waals surface area contributed by atoms with E-state index in [4.69, 9.17) is 28.7 Å². The maximum absolute atomic E-state index is 12.5. The van der Waals surface area contributed by atoms with Gasteiger partial charge in [0.25, 0.3) is 5.56 Å². The topological polar surface area (TPSA) is 233 Å². The van der Waals surface area contributed by atoms with Crippen molar-refractivity contribution >= 4 is 39.2 Å². The van der Waals surface area contributed by atoms with Gasteiger partial charge in [-0.1, -0.05) is 6.92 Å². The van der Waals surface area contributed by atoms with Crippen molar-refractivity contribution in [2.75, 3.05) is 13.7 Å². The number of hydrogen-bond donors (Lipinski definition) is 6. The van der Waals surface area contributed by atoms with Gasteiger partial charge >= 0.3 is 32.6 Å². The number of rotatable bonds is 13. The number of thiol groups is 1. The number of nitrogens with zero attached hydrogens (tertiary/aromatic N) is 1. The van der Waals surface area contributed by atoms with Crippen LogP contribution >= 0.6 is 27.2 Å². The lowest BCUT2D eigenvalue weighted by molar-refractivity contribution is -0.145. The number of nitrogens with one attached hydrogen (secondary N) is 2. The summed E-state index contributed by atoms with van der Waals surface area (Å²) in [6.45, 7) is 0.774. The van der Waals surface area contributed by atoms with Gasteiger partial charge < -0.3 is 24.6 Å². The normalized spacial score (nSPS) is 27.2. The molecule has 0 radical (unpaired) electrons. The lowest BCUT2D eigenvalue weighted by Gasteiger charge is -2.31. The molecule has 19 heteroatoms. The first-order valence-corrected chi connectivity index (χ1v) is 13.7. The predicted octanol–water partition coefficient (Wildman–Crippen LogP) is -0.164. The lowest BCUT2D eigenvalue weighted by atomic mass is 9.93. The first kappa shape index (κ1) is 29.3. The molecule has 7 unspecified atom stereocenters. The minimum absolute atomic E-state index is 0.0272. The molecule has 1 saturated heterocycles. The van der Waals surface area contributed by atoms with E-state index in [0.29, 0.717) is 0 Å². The average molecular weight is 560 g/mol. The Morgan fingerprint density at radius 2 is 2.09 bits per heavy atom. The van der Waals surface area contributed by atoms with Crippen LogP contribution in [0.15, 0.2) is 21.9 Å². The van der Waals surface area contributed by atoms with Crippen LogP contribution in [0.1, 0.15) is 26.0 Å². The number of aliphatic carboxylic acids is 2. The summed E-state index contributed by atoms with van der Waals surface area (Å²) in [5.41, 5.74) is -3.25. The minimum atomic E-state index is -4.94. The van der Waals surface area contributed by atoms with E-state index in [1.165, 1.54) is 7.11 Å². The van der Waals surface area contributed by atoms with Gasteiger partial charge in [0.15, 0.2) is 12.3 Å². The molecule has 5 N–H and O–H groups in total. The summed E-state index contributed by atoms with van der Waals surface area (Å²) in [5, 5.41) is 19.7. The Kier molecular flexibility index (Phi) is 9.93. The zero-order valence-electron chi connectivity index (χ0n) is 18.3. The second-order valence-corrected chi connectivity index (χ2v) is 10.5. The molecule has 1 aliphatic heterocycles. The molecule has 0 aliphatic carbocycles. The molecule has 1 aromatic rings. The molecular formula is C16H24N3O13P2S+. The van der Waals surface area contributed by atoms with E-state index < -0.39 is 81.3 Å². The molecule has 1 aliphatic rings. The molecule has 0 spiro atoms. The molecule has 0 amide bonds. The Bertz CT molecular complexity index is 1130. The molecule has 0 bridgehead atoms. The lowest BCUT2D eigenvalue weighted by Crippen LogP contribution is -2.48. The number of aromatic nitrogens is 2. The zero-order chi connectivity index (χ0) is 26.6. The van der Waals surface area contributed by atoms with Crippen molar-refractivity contribution in [3.8, 4) is 0 Å². The summed E-state index contributed by atoms with van der Waals surface area (Å²) in [5.74, 6) is -3.25. The van der Waals surface area contributed by atoms with E-state index in [1.807, 2.05) is 4.98 Å². The molecule has 0 saturated carbocycles. The Labute approximate surface area is 203 Å². The third kappa shape index (κ3) is 7.29. The van der Waals surface area contributed by atoms with Crippen LogP contribution in [0.4, 0.5) is 0 Å². The quantitative estimate of drug-likeness (QED) is 0.136. The van der Waals surface area contributed by atoms with Crippen molar-refractivity contribution < 1.29 is 52.3 Å². The highest BCUT2D eigenvalue weighted by atomic mass is 32.7. The van der Waals surface area contributed by atoms with Gasteiger partial charge in [-0.15, -0.1) is 4.52 Å². The molecule has 7 atom stereocenters. The number of ether oxygens (including phenoxy) is 2. The van der Waals surface area contributed by atoms with Gasteiger partial charge in [-0.05, 0) is 11.0 Å². The number of aromatic amines is 1. The monoisotopic (exact) mass is 560 g/mol. The Hall–Kier alpha value is -1.94.